The number of aromatic nitrogens is 2. The smallest absolute Gasteiger partial charge is 0.329 e. The van der Waals surface area contributed by atoms with Gasteiger partial charge in [0.25, 0.3) is 0 Å². The molecule has 2 unspecified atom stereocenters. The molecule has 108 valence electrons. The quantitative estimate of drug-likeness (QED) is 0.407. The van der Waals surface area contributed by atoms with Gasteiger partial charge in [-0.15, -0.1) is 0 Å². The molecule has 1 saturated heterocycles. The maximum absolute atomic E-state index is 11.0. The molecule has 1 aromatic heterocycles. The lowest BCUT2D eigenvalue weighted by molar-refractivity contribution is -0.384. The van der Waals surface area contributed by atoms with E-state index in [0.717, 1.165) is 25.5 Å². The van der Waals surface area contributed by atoms with E-state index < -0.39 is 4.92 Å². The number of ether oxygens (including phenoxy) is 1. The van der Waals surface area contributed by atoms with E-state index in [0.29, 0.717) is 12.5 Å². The number of nitrogens with zero attached hydrogens (tertiary/aromatic N) is 3. The Morgan fingerprint density at radius 1 is 1.45 bits per heavy atom. The fourth-order valence-electron chi connectivity index (χ4n) is 2.52. The van der Waals surface area contributed by atoms with Gasteiger partial charge in [-0.1, -0.05) is 0 Å². The summed E-state index contributed by atoms with van der Waals surface area (Å²) >= 11 is 0. The topological polar surface area (TPSA) is 128 Å². The van der Waals surface area contributed by atoms with Gasteiger partial charge in [0, 0.05) is 6.61 Å². The SMILES string of the molecule is NNc1ncc([N+](=O)[O-])c(NC2CCOC2C2CC2)n1. The van der Waals surface area contributed by atoms with Crippen molar-refractivity contribution in [1.82, 2.24) is 9.97 Å². The van der Waals surface area contributed by atoms with E-state index in [1.807, 2.05) is 0 Å². The van der Waals surface area contributed by atoms with E-state index in [-0.39, 0.29) is 29.6 Å². The average Bonchev–Trinajstić information content (AvgIpc) is 3.19. The predicted octanol–water partition coefficient (Wildman–Crippen LogP) is 0.650. The molecular formula is C11H16N6O3. The second-order valence-electron chi connectivity index (χ2n) is 5.04. The lowest BCUT2D eigenvalue weighted by Crippen LogP contribution is -2.31. The molecule has 9 nitrogen and oxygen atoms in total. The Kier molecular flexibility index (Phi) is 3.36. The van der Waals surface area contributed by atoms with Crippen molar-refractivity contribution in [2.75, 3.05) is 17.3 Å². The fourth-order valence-corrected chi connectivity index (χ4v) is 2.52. The molecule has 2 heterocycles. The molecule has 2 atom stereocenters. The molecule has 0 radical (unpaired) electrons. The van der Waals surface area contributed by atoms with Gasteiger partial charge in [-0.25, -0.2) is 10.8 Å². The third kappa shape index (κ3) is 2.49. The van der Waals surface area contributed by atoms with E-state index in [9.17, 15) is 10.1 Å². The number of hydrazine groups is 1. The summed E-state index contributed by atoms with van der Waals surface area (Å²) in [6, 6.07) is 0.0433. The van der Waals surface area contributed by atoms with Crippen LogP contribution in [0.5, 0.6) is 0 Å². The highest BCUT2D eigenvalue weighted by Gasteiger charge is 2.41. The molecule has 20 heavy (non-hydrogen) atoms. The van der Waals surface area contributed by atoms with Crippen LogP contribution in [0.1, 0.15) is 19.3 Å². The fraction of sp³-hybridized carbons (Fsp3) is 0.636. The van der Waals surface area contributed by atoms with Crippen molar-refractivity contribution in [3.8, 4) is 0 Å². The highest BCUT2D eigenvalue weighted by Crippen LogP contribution is 2.40. The van der Waals surface area contributed by atoms with E-state index in [2.05, 4.69) is 20.7 Å². The monoisotopic (exact) mass is 280 g/mol. The van der Waals surface area contributed by atoms with Gasteiger partial charge in [-0.3, -0.25) is 15.5 Å². The highest BCUT2D eigenvalue weighted by molar-refractivity contribution is 5.57. The zero-order chi connectivity index (χ0) is 14.1. The zero-order valence-corrected chi connectivity index (χ0v) is 10.8. The van der Waals surface area contributed by atoms with Gasteiger partial charge < -0.3 is 10.1 Å². The maximum atomic E-state index is 11.0. The normalized spacial score (nSPS) is 25.4. The van der Waals surface area contributed by atoms with Gasteiger partial charge >= 0.3 is 5.69 Å². The summed E-state index contributed by atoms with van der Waals surface area (Å²) in [5.74, 6) is 6.12. The Morgan fingerprint density at radius 3 is 2.90 bits per heavy atom. The van der Waals surface area contributed by atoms with E-state index in [1.165, 1.54) is 0 Å². The number of hydrogen-bond acceptors (Lipinski definition) is 8. The Balaban J connectivity index is 1.82. The van der Waals surface area contributed by atoms with Crippen LogP contribution >= 0.6 is 0 Å². The molecule has 3 rings (SSSR count). The number of hydrogen-bond donors (Lipinski definition) is 3. The van der Waals surface area contributed by atoms with E-state index in [4.69, 9.17) is 10.6 Å². The summed E-state index contributed by atoms with van der Waals surface area (Å²) < 4.78 is 5.70. The first-order valence-electron chi connectivity index (χ1n) is 6.55. The molecule has 0 amide bonds. The molecule has 9 heteroatoms. The number of anilines is 2. The molecule has 0 spiro atoms. The second kappa shape index (κ2) is 5.17. The molecule has 2 fully saturated rings. The van der Waals surface area contributed by atoms with Crippen LogP contribution in [0.2, 0.25) is 0 Å². The van der Waals surface area contributed by atoms with Crippen LogP contribution in [-0.2, 0) is 4.74 Å². The van der Waals surface area contributed by atoms with Crippen molar-refractivity contribution in [3.05, 3.63) is 16.3 Å². The molecule has 4 N–H and O–H groups in total. The predicted molar refractivity (Wildman–Crippen MR) is 71.0 cm³/mol. The molecule has 1 aliphatic heterocycles. The van der Waals surface area contributed by atoms with Crippen molar-refractivity contribution in [2.24, 2.45) is 11.8 Å². The van der Waals surface area contributed by atoms with Crippen LogP contribution in [0.4, 0.5) is 17.5 Å². The minimum atomic E-state index is -0.509. The average molecular weight is 280 g/mol. The van der Waals surface area contributed by atoms with Gasteiger partial charge in [0.15, 0.2) is 0 Å². The molecule has 0 bridgehead atoms. The second-order valence-corrected chi connectivity index (χ2v) is 5.04. The highest BCUT2D eigenvalue weighted by atomic mass is 16.6. The lowest BCUT2D eigenvalue weighted by Gasteiger charge is -2.19. The van der Waals surface area contributed by atoms with Gasteiger partial charge in [-0.2, -0.15) is 4.98 Å². The van der Waals surface area contributed by atoms with Gasteiger partial charge in [0.05, 0.1) is 17.1 Å². The first kappa shape index (κ1) is 13.0. The lowest BCUT2D eigenvalue weighted by atomic mass is 10.1. The van der Waals surface area contributed by atoms with Gasteiger partial charge in [-0.05, 0) is 25.2 Å². The molecular weight excluding hydrogens is 264 g/mol. The first-order chi connectivity index (χ1) is 9.69. The minimum Gasteiger partial charge on any atom is -0.376 e. The Bertz CT molecular complexity index is 521. The summed E-state index contributed by atoms with van der Waals surface area (Å²) in [4.78, 5) is 18.3. The van der Waals surface area contributed by atoms with Gasteiger partial charge in [0.1, 0.15) is 6.20 Å². The van der Waals surface area contributed by atoms with Crippen LogP contribution in [0.25, 0.3) is 0 Å². The van der Waals surface area contributed by atoms with Crippen molar-refractivity contribution < 1.29 is 9.66 Å². The summed E-state index contributed by atoms with van der Waals surface area (Å²) in [5, 5.41) is 14.1. The van der Waals surface area contributed by atoms with Crippen molar-refractivity contribution in [3.63, 3.8) is 0 Å². The van der Waals surface area contributed by atoms with E-state index >= 15 is 0 Å². The van der Waals surface area contributed by atoms with Crippen molar-refractivity contribution in [1.29, 1.82) is 0 Å². The third-order valence-electron chi connectivity index (χ3n) is 3.64. The standard InChI is InChI=1S/C11H16N6O3/c12-16-11-13-5-8(17(18)19)10(15-11)14-7-3-4-20-9(7)6-1-2-6/h5-7,9H,1-4,12H2,(H2,13,14,15,16). The van der Waals surface area contributed by atoms with Crippen molar-refractivity contribution >= 4 is 17.5 Å². The Morgan fingerprint density at radius 2 is 2.25 bits per heavy atom. The number of nitrogen functional groups attached to an aromatic ring is 1. The van der Waals surface area contributed by atoms with Crippen LogP contribution in [0.3, 0.4) is 0 Å². The van der Waals surface area contributed by atoms with Crippen LogP contribution in [-0.4, -0.2) is 33.6 Å². The molecule has 2 aliphatic rings. The van der Waals surface area contributed by atoms with Crippen LogP contribution < -0.4 is 16.6 Å². The maximum Gasteiger partial charge on any atom is 0.329 e. The number of nitro groups is 1. The van der Waals surface area contributed by atoms with Crippen LogP contribution in [0.15, 0.2) is 6.20 Å². The summed E-state index contributed by atoms with van der Waals surface area (Å²) in [6.45, 7) is 0.666. The third-order valence-corrected chi connectivity index (χ3v) is 3.64. The Hall–Kier alpha value is -2.00. The summed E-state index contributed by atoms with van der Waals surface area (Å²) in [5.41, 5.74) is 2.13. The molecule has 0 aromatic carbocycles. The first-order valence-corrected chi connectivity index (χ1v) is 6.55. The van der Waals surface area contributed by atoms with E-state index in [1.54, 1.807) is 0 Å². The summed E-state index contributed by atoms with van der Waals surface area (Å²) in [7, 11) is 0. The van der Waals surface area contributed by atoms with Crippen LogP contribution in [0, 0.1) is 16.0 Å². The number of nitrogens with one attached hydrogen (secondary N) is 2. The largest absolute Gasteiger partial charge is 0.376 e. The zero-order valence-electron chi connectivity index (χ0n) is 10.8. The van der Waals surface area contributed by atoms with Crippen molar-refractivity contribution in [2.45, 2.75) is 31.4 Å². The van der Waals surface area contributed by atoms with Gasteiger partial charge in [0.2, 0.25) is 11.8 Å². The number of nitrogens with two attached hydrogens (primary N) is 1. The summed E-state index contributed by atoms with van der Waals surface area (Å²) in [6.07, 6.45) is 4.38. The number of rotatable bonds is 5. The molecule has 1 aliphatic carbocycles. The Labute approximate surface area is 115 Å². The molecule has 1 aromatic rings. The minimum absolute atomic E-state index is 0.0433. The molecule has 1 saturated carbocycles.